The minimum Gasteiger partial charge on any atom is -0.456 e. The van der Waals surface area contributed by atoms with Crippen LogP contribution in [0.3, 0.4) is 0 Å². The van der Waals surface area contributed by atoms with Crippen LogP contribution in [-0.2, 0) is 0 Å². The zero-order valence-electron chi connectivity index (χ0n) is 10.9. The van der Waals surface area contributed by atoms with Gasteiger partial charge in [0, 0.05) is 11.6 Å². The van der Waals surface area contributed by atoms with Crippen molar-refractivity contribution in [2.45, 2.75) is 6.04 Å². The Hall–Kier alpha value is -2.24. The number of nitrogens with two attached hydrogens (primary N) is 1. The minimum atomic E-state index is -0.462. The summed E-state index contributed by atoms with van der Waals surface area (Å²) in [7, 11) is 0. The summed E-state index contributed by atoms with van der Waals surface area (Å²) in [6, 6.07) is 10.1. The van der Waals surface area contributed by atoms with E-state index in [4.69, 9.17) is 10.2 Å². The number of furan rings is 1. The third-order valence-corrected chi connectivity index (χ3v) is 4.36. The van der Waals surface area contributed by atoms with E-state index in [2.05, 4.69) is 4.98 Å². The highest BCUT2D eigenvalue weighted by atomic mass is 32.1. The van der Waals surface area contributed by atoms with Gasteiger partial charge >= 0.3 is 0 Å². The van der Waals surface area contributed by atoms with Gasteiger partial charge in [-0.2, -0.15) is 0 Å². The first-order chi connectivity index (χ1) is 10.2. The summed E-state index contributed by atoms with van der Waals surface area (Å²) in [5.74, 6) is 0.158. The molecule has 0 radical (unpaired) electrons. The molecule has 2 N–H and O–H groups in total. The summed E-state index contributed by atoms with van der Waals surface area (Å²) in [5, 5.41) is 2.70. The molecule has 4 aromatic rings. The molecule has 0 saturated carbocycles. The molecule has 1 atom stereocenters. The van der Waals surface area contributed by atoms with Crippen molar-refractivity contribution in [3.05, 3.63) is 65.1 Å². The summed E-state index contributed by atoms with van der Waals surface area (Å²) in [5.41, 5.74) is 8.28. The molecule has 4 rings (SSSR count). The van der Waals surface area contributed by atoms with Crippen LogP contribution in [0, 0.1) is 5.82 Å². The van der Waals surface area contributed by atoms with Gasteiger partial charge in [-0.3, -0.25) is 4.98 Å². The first-order valence-corrected chi connectivity index (χ1v) is 7.37. The van der Waals surface area contributed by atoms with Crippen molar-refractivity contribution in [2.24, 2.45) is 5.73 Å². The molecular formula is C16H11FN2OS. The SMILES string of the molecule is NC(c1cnc2ccsc2c1)c1cc2cccc(F)c2o1. The number of aromatic nitrogens is 1. The molecule has 3 nitrogen and oxygen atoms in total. The van der Waals surface area contributed by atoms with Gasteiger partial charge in [0.25, 0.3) is 0 Å². The van der Waals surface area contributed by atoms with Gasteiger partial charge in [-0.1, -0.05) is 12.1 Å². The van der Waals surface area contributed by atoms with E-state index in [0.717, 1.165) is 15.8 Å². The van der Waals surface area contributed by atoms with Crippen LogP contribution in [0.25, 0.3) is 21.2 Å². The molecule has 0 aliphatic heterocycles. The number of benzene rings is 1. The molecule has 5 heteroatoms. The number of rotatable bonds is 2. The second-order valence-electron chi connectivity index (χ2n) is 4.86. The van der Waals surface area contributed by atoms with Crippen LogP contribution in [0.1, 0.15) is 17.4 Å². The Morgan fingerprint density at radius 3 is 3.00 bits per heavy atom. The molecule has 0 saturated heterocycles. The van der Waals surface area contributed by atoms with E-state index >= 15 is 0 Å². The predicted molar refractivity (Wildman–Crippen MR) is 81.8 cm³/mol. The first kappa shape index (κ1) is 12.5. The Labute approximate surface area is 123 Å². The van der Waals surface area contributed by atoms with Crippen LogP contribution in [0.4, 0.5) is 4.39 Å². The predicted octanol–water partition coefficient (Wildman–Crippen LogP) is 4.23. The van der Waals surface area contributed by atoms with Gasteiger partial charge in [0.05, 0.1) is 16.3 Å². The van der Waals surface area contributed by atoms with Crippen molar-refractivity contribution in [1.29, 1.82) is 0 Å². The van der Waals surface area contributed by atoms with Crippen LogP contribution < -0.4 is 5.73 Å². The first-order valence-electron chi connectivity index (χ1n) is 6.49. The monoisotopic (exact) mass is 298 g/mol. The Bertz CT molecular complexity index is 944. The van der Waals surface area contributed by atoms with Crippen molar-refractivity contribution in [1.82, 2.24) is 4.98 Å². The second-order valence-corrected chi connectivity index (χ2v) is 5.80. The smallest absolute Gasteiger partial charge is 0.169 e. The van der Waals surface area contributed by atoms with E-state index in [0.29, 0.717) is 11.1 Å². The van der Waals surface area contributed by atoms with E-state index in [9.17, 15) is 4.39 Å². The number of halogens is 1. The van der Waals surface area contributed by atoms with Crippen LogP contribution in [-0.4, -0.2) is 4.98 Å². The van der Waals surface area contributed by atoms with Crippen molar-refractivity contribution < 1.29 is 8.81 Å². The molecule has 0 bridgehead atoms. The maximum Gasteiger partial charge on any atom is 0.169 e. The van der Waals surface area contributed by atoms with Crippen molar-refractivity contribution in [3.8, 4) is 0 Å². The summed E-state index contributed by atoms with van der Waals surface area (Å²) in [4.78, 5) is 4.37. The molecule has 3 aromatic heterocycles. The second kappa shape index (κ2) is 4.65. The van der Waals surface area contributed by atoms with Crippen molar-refractivity contribution >= 4 is 32.5 Å². The highest BCUT2D eigenvalue weighted by Gasteiger charge is 2.16. The number of para-hydroxylation sites is 1. The molecule has 1 aromatic carbocycles. The van der Waals surface area contributed by atoms with Crippen LogP contribution in [0.2, 0.25) is 0 Å². The van der Waals surface area contributed by atoms with Crippen LogP contribution in [0.15, 0.2) is 52.4 Å². The zero-order chi connectivity index (χ0) is 14.4. The molecule has 0 spiro atoms. The highest BCUT2D eigenvalue weighted by molar-refractivity contribution is 7.17. The van der Waals surface area contributed by atoms with Gasteiger partial charge in [0.2, 0.25) is 0 Å². The maximum absolute atomic E-state index is 13.7. The van der Waals surface area contributed by atoms with E-state index in [1.807, 2.05) is 17.5 Å². The van der Waals surface area contributed by atoms with Gasteiger partial charge in [0.15, 0.2) is 11.4 Å². The molecule has 104 valence electrons. The minimum absolute atomic E-state index is 0.244. The third kappa shape index (κ3) is 2.02. The average molecular weight is 298 g/mol. The number of pyridine rings is 1. The fourth-order valence-corrected chi connectivity index (χ4v) is 3.19. The fraction of sp³-hybridized carbons (Fsp3) is 0.0625. The van der Waals surface area contributed by atoms with Crippen molar-refractivity contribution in [3.63, 3.8) is 0 Å². The molecule has 0 aliphatic carbocycles. The number of hydrogen-bond acceptors (Lipinski definition) is 4. The van der Waals surface area contributed by atoms with Crippen LogP contribution in [0.5, 0.6) is 0 Å². The number of thiophene rings is 1. The number of fused-ring (bicyclic) bond motifs is 2. The Morgan fingerprint density at radius 1 is 1.24 bits per heavy atom. The lowest BCUT2D eigenvalue weighted by atomic mass is 10.1. The lowest BCUT2D eigenvalue weighted by molar-refractivity contribution is 0.502. The quantitative estimate of drug-likeness (QED) is 0.602. The molecule has 0 amide bonds. The summed E-state index contributed by atoms with van der Waals surface area (Å²) < 4.78 is 20.3. The van der Waals surface area contributed by atoms with Crippen molar-refractivity contribution in [2.75, 3.05) is 0 Å². The van der Waals surface area contributed by atoms with Gasteiger partial charge in [-0.15, -0.1) is 11.3 Å². The molecule has 1 unspecified atom stereocenters. The highest BCUT2D eigenvalue weighted by Crippen LogP contribution is 2.29. The summed E-state index contributed by atoms with van der Waals surface area (Å²) in [6.07, 6.45) is 1.74. The Kier molecular flexibility index (Phi) is 2.77. The third-order valence-electron chi connectivity index (χ3n) is 3.50. The average Bonchev–Trinajstić information content (AvgIpc) is 3.12. The van der Waals surface area contributed by atoms with E-state index in [1.54, 1.807) is 35.7 Å². The standard InChI is InChI=1S/C16H11FN2OS/c17-11-3-1-2-9-6-13(20-16(9)11)15(18)10-7-14-12(19-8-10)4-5-21-14/h1-8,15H,18H2. The fourth-order valence-electron chi connectivity index (χ4n) is 2.40. The molecule has 21 heavy (non-hydrogen) atoms. The lowest BCUT2D eigenvalue weighted by Crippen LogP contribution is -2.10. The lowest BCUT2D eigenvalue weighted by Gasteiger charge is -2.08. The summed E-state index contributed by atoms with van der Waals surface area (Å²) in [6.45, 7) is 0. The summed E-state index contributed by atoms with van der Waals surface area (Å²) >= 11 is 1.61. The molecular weight excluding hydrogens is 287 g/mol. The molecule has 3 heterocycles. The Morgan fingerprint density at radius 2 is 2.14 bits per heavy atom. The van der Waals surface area contributed by atoms with E-state index in [-0.39, 0.29) is 11.4 Å². The molecule has 0 aliphatic rings. The number of nitrogens with zero attached hydrogens (tertiary/aromatic N) is 1. The Balaban J connectivity index is 1.81. The van der Waals surface area contributed by atoms with Gasteiger partial charge in [0.1, 0.15) is 5.76 Å². The van der Waals surface area contributed by atoms with Gasteiger partial charge in [-0.05, 0) is 35.2 Å². The topological polar surface area (TPSA) is 52.0 Å². The maximum atomic E-state index is 13.7. The van der Waals surface area contributed by atoms with Gasteiger partial charge < -0.3 is 10.2 Å². The molecule has 0 fully saturated rings. The normalized spacial score (nSPS) is 13.0. The van der Waals surface area contributed by atoms with Crippen LogP contribution >= 0.6 is 11.3 Å². The van der Waals surface area contributed by atoms with Gasteiger partial charge in [-0.25, -0.2) is 4.39 Å². The number of hydrogen-bond donors (Lipinski definition) is 1. The largest absolute Gasteiger partial charge is 0.456 e. The van der Waals surface area contributed by atoms with E-state index < -0.39 is 6.04 Å². The zero-order valence-corrected chi connectivity index (χ0v) is 11.7. The van der Waals surface area contributed by atoms with E-state index in [1.165, 1.54) is 6.07 Å².